The summed E-state index contributed by atoms with van der Waals surface area (Å²) in [7, 11) is -0.987. The molecule has 4 aromatic rings. The largest absolute Gasteiger partial charge is 0.349 e. The first kappa shape index (κ1) is 24.7. The maximum absolute atomic E-state index is 13.8. The van der Waals surface area contributed by atoms with E-state index in [9.17, 15) is 13.4 Å². The summed E-state index contributed by atoms with van der Waals surface area (Å²) in [6.45, 7) is 1.97. The van der Waals surface area contributed by atoms with Crippen LogP contribution < -0.4 is 5.32 Å². The third-order valence-electron chi connectivity index (χ3n) is 6.13. The number of benzene rings is 3. The number of pyridine rings is 1. The van der Waals surface area contributed by atoms with Crippen molar-refractivity contribution in [3.63, 3.8) is 0 Å². The van der Waals surface area contributed by atoms with Gasteiger partial charge in [-0.1, -0.05) is 67.6 Å². The SMILES string of the molecule is CCC(NC(=O)Cc1c(CCS(C)=O)c(-c2ccccc2)nc2ccccc12)c1cccc(F)c1. The fourth-order valence-corrected chi connectivity index (χ4v) is 4.91. The Morgan fingerprint density at radius 2 is 1.74 bits per heavy atom. The minimum Gasteiger partial charge on any atom is -0.349 e. The molecule has 0 saturated carbocycles. The lowest BCUT2D eigenvalue weighted by Crippen LogP contribution is -2.30. The quantitative estimate of drug-likeness (QED) is 0.325. The molecule has 0 radical (unpaired) electrons. The van der Waals surface area contributed by atoms with Gasteiger partial charge in [-0.3, -0.25) is 9.00 Å². The van der Waals surface area contributed by atoms with Gasteiger partial charge in [-0.2, -0.15) is 0 Å². The van der Waals surface area contributed by atoms with Crippen LogP contribution >= 0.6 is 0 Å². The lowest BCUT2D eigenvalue weighted by Gasteiger charge is -2.20. The zero-order chi connectivity index (χ0) is 24.8. The Hall–Kier alpha value is -3.38. The normalized spacial score (nSPS) is 12.9. The first-order chi connectivity index (χ1) is 17.0. The molecule has 180 valence electrons. The minimum absolute atomic E-state index is 0.143. The predicted molar refractivity (Wildman–Crippen MR) is 141 cm³/mol. The van der Waals surface area contributed by atoms with Gasteiger partial charge < -0.3 is 5.32 Å². The van der Waals surface area contributed by atoms with Gasteiger partial charge in [0.2, 0.25) is 5.91 Å². The molecule has 1 amide bonds. The highest BCUT2D eigenvalue weighted by atomic mass is 32.2. The highest BCUT2D eigenvalue weighted by Crippen LogP contribution is 2.31. The molecule has 1 heterocycles. The zero-order valence-corrected chi connectivity index (χ0v) is 20.8. The van der Waals surface area contributed by atoms with Crippen molar-refractivity contribution in [2.75, 3.05) is 12.0 Å². The second-order valence-electron chi connectivity index (χ2n) is 8.59. The number of nitrogens with one attached hydrogen (secondary N) is 1. The number of nitrogens with zero attached hydrogens (tertiary/aromatic N) is 1. The van der Waals surface area contributed by atoms with Crippen molar-refractivity contribution in [1.82, 2.24) is 10.3 Å². The van der Waals surface area contributed by atoms with E-state index in [2.05, 4.69) is 5.32 Å². The summed E-state index contributed by atoms with van der Waals surface area (Å²) in [4.78, 5) is 18.3. The second kappa shape index (κ2) is 11.4. The van der Waals surface area contributed by atoms with Gasteiger partial charge in [-0.15, -0.1) is 0 Å². The number of carbonyl (C=O) groups is 1. The summed E-state index contributed by atoms with van der Waals surface area (Å²) >= 11 is 0. The van der Waals surface area contributed by atoms with E-state index in [-0.39, 0.29) is 24.2 Å². The fourth-order valence-electron chi connectivity index (χ4n) is 4.42. The molecule has 1 aromatic heterocycles. The van der Waals surface area contributed by atoms with Crippen LogP contribution in [-0.4, -0.2) is 27.1 Å². The van der Waals surface area contributed by atoms with Crippen molar-refractivity contribution in [3.8, 4) is 11.3 Å². The van der Waals surface area contributed by atoms with Crippen LogP contribution in [0.5, 0.6) is 0 Å². The predicted octanol–water partition coefficient (Wildman–Crippen LogP) is 5.77. The first-order valence-electron chi connectivity index (χ1n) is 11.8. The Morgan fingerprint density at radius 3 is 2.46 bits per heavy atom. The third-order valence-corrected chi connectivity index (χ3v) is 6.91. The highest BCUT2D eigenvalue weighted by Gasteiger charge is 2.21. The first-order valence-corrected chi connectivity index (χ1v) is 13.5. The molecule has 1 N–H and O–H groups in total. The van der Waals surface area contributed by atoms with E-state index in [1.807, 2.05) is 67.6 Å². The summed E-state index contributed by atoms with van der Waals surface area (Å²) in [5.41, 5.74) is 5.17. The molecule has 35 heavy (non-hydrogen) atoms. The number of aromatic nitrogens is 1. The van der Waals surface area contributed by atoms with Crippen LogP contribution in [0.15, 0.2) is 78.9 Å². The van der Waals surface area contributed by atoms with Crippen LogP contribution in [0, 0.1) is 5.82 Å². The Balaban J connectivity index is 1.76. The number of rotatable bonds is 9. The van der Waals surface area contributed by atoms with Crippen LogP contribution in [0.2, 0.25) is 0 Å². The van der Waals surface area contributed by atoms with Gasteiger partial charge in [-0.25, -0.2) is 9.37 Å². The number of fused-ring (bicyclic) bond motifs is 1. The van der Waals surface area contributed by atoms with Gasteiger partial charge in [0.1, 0.15) is 5.82 Å². The average molecular weight is 489 g/mol. The summed E-state index contributed by atoms with van der Waals surface area (Å²) in [6, 6.07) is 23.8. The molecule has 0 aliphatic heterocycles. The van der Waals surface area contributed by atoms with Crippen LogP contribution in [0.3, 0.4) is 0 Å². The van der Waals surface area contributed by atoms with Gasteiger partial charge in [0, 0.05) is 33.8 Å². The topological polar surface area (TPSA) is 59.1 Å². The second-order valence-corrected chi connectivity index (χ2v) is 10.1. The molecule has 0 aliphatic rings. The summed E-state index contributed by atoms with van der Waals surface area (Å²) in [6.07, 6.45) is 3.03. The number of halogens is 1. The van der Waals surface area contributed by atoms with Crippen molar-refractivity contribution in [2.24, 2.45) is 0 Å². The van der Waals surface area contributed by atoms with Crippen LogP contribution in [0.25, 0.3) is 22.2 Å². The Labute approximate surface area is 208 Å². The molecule has 0 fully saturated rings. The van der Waals surface area contributed by atoms with Gasteiger partial charge in [-0.05, 0) is 47.7 Å². The lowest BCUT2D eigenvalue weighted by molar-refractivity contribution is -0.121. The van der Waals surface area contributed by atoms with Gasteiger partial charge in [0.05, 0.1) is 23.7 Å². The molecule has 2 atom stereocenters. The summed E-state index contributed by atoms with van der Waals surface area (Å²) in [5.74, 6) is 0.0167. The van der Waals surface area contributed by atoms with E-state index in [1.54, 1.807) is 12.3 Å². The van der Waals surface area contributed by atoms with Gasteiger partial charge in [0.25, 0.3) is 0 Å². The molecule has 0 spiro atoms. The monoisotopic (exact) mass is 488 g/mol. The summed E-state index contributed by atoms with van der Waals surface area (Å²) in [5, 5.41) is 4.00. The van der Waals surface area contributed by atoms with Gasteiger partial charge in [0.15, 0.2) is 0 Å². The molecule has 0 aliphatic carbocycles. The van der Waals surface area contributed by atoms with Crippen molar-refractivity contribution in [2.45, 2.75) is 32.2 Å². The fraction of sp³-hybridized carbons (Fsp3) is 0.241. The van der Waals surface area contributed by atoms with E-state index in [1.165, 1.54) is 12.1 Å². The maximum Gasteiger partial charge on any atom is 0.224 e. The molecule has 6 heteroatoms. The number of para-hydroxylation sites is 1. The zero-order valence-electron chi connectivity index (χ0n) is 20.0. The highest BCUT2D eigenvalue weighted by molar-refractivity contribution is 7.84. The average Bonchev–Trinajstić information content (AvgIpc) is 2.86. The van der Waals surface area contributed by atoms with Crippen molar-refractivity contribution in [1.29, 1.82) is 0 Å². The third kappa shape index (κ3) is 6.01. The van der Waals surface area contributed by atoms with Crippen LogP contribution in [0.1, 0.15) is 36.1 Å². The van der Waals surface area contributed by atoms with E-state index in [0.717, 1.165) is 38.9 Å². The number of amides is 1. The molecule has 2 unspecified atom stereocenters. The van der Waals surface area contributed by atoms with E-state index in [4.69, 9.17) is 4.98 Å². The van der Waals surface area contributed by atoms with E-state index in [0.29, 0.717) is 18.6 Å². The molecule has 0 bridgehead atoms. The molecule has 0 saturated heterocycles. The van der Waals surface area contributed by atoms with Crippen molar-refractivity contribution >= 4 is 27.6 Å². The standard InChI is InChI=1S/C29H29FN2O2S/c1-3-26(21-12-9-13-22(30)18-21)31-28(33)19-25-23-14-7-8-15-27(23)32-29(20-10-5-4-6-11-20)24(25)16-17-35(2)34/h4-15,18,26H,3,16-17,19H2,1-2H3,(H,31,33). The van der Waals surface area contributed by atoms with Gasteiger partial charge >= 0.3 is 0 Å². The Bertz CT molecular complexity index is 1360. The number of hydrogen-bond acceptors (Lipinski definition) is 3. The van der Waals surface area contributed by atoms with E-state index < -0.39 is 10.8 Å². The molecule has 3 aromatic carbocycles. The number of carbonyl (C=O) groups excluding carboxylic acids is 1. The minimum atomic E-state index is -0.987. The van der Waals surface area contributed by atoms with E-state index >= 15 is 0 Å². The molecular weight excluding hydrogens is 459 g/mol. The van der Waals surface area contributed by atoms with Crippen molar-refractivity contribution in [3.05, 3.63) is 101 Å². The summed E-state index contributed by atoms with van der Waals surface area (Å²) < 4.78 is 25.8. The molecule has 4 nitrogen and oxygen atoms in total. The maximum atomic E-state index is 13.8. The van der Waals surface area contributed by atoms with Crippen LogP contribution in [0.4, 0.5) is 4.39 Å². The molecule has 4 rings (SSSR count). The lowest BCUT2D eigenvalue weighted by atomic mass is 9.92. The molecular formula is C29H29FN2O2S. The Morgan fingerprint density at radius 1 is 1.00 bits per heavy atom. The van der Waals surface area contributed by atoms with Crippen molar-refractivity contribution < 1.29 is 13.4 Å². The smallest absolute Gasteiger partial charge is 0.224 e. The van der Waals surface area contributed by atoms with Crippen LogP contribution in [-0.2, 0) is 28.4 Å². The number of hydrogen-bond donors (Lipinski definition) is 1. The Kier molecular flexibility index (Phi) is 8.03.